The Morgan fingerprint density at radius 2 is 2.06 bits per heavy atom. The Balaban J connectivity index is 2.10. The summed E-state index contributed by atoms with van der Waals surface area (Å²) in [5, 5.41) is 0. The van der Waals surface area contributed by atoms with E-state index in [2.05, 4.69) is 4.74 Å². The summed E-state index contributed by atoms with van der Waals surface area (Å²) in [6.07, 6.45) is -1.00. The summed E-state index contributed by atoms with van der Waals surface area (Å²) in [5.41, 5.74) is 0. The van der Waals surface area contributed by atoms with Gasteiger partial charge in [0.05, 0.1) is 26.2 Å². The fraction of sp³-hybridized carbons (Fsp3) is 0.800. The lowest BCUT2D eigenvalue weighted by molar-refractivity contribution is -0.145. The van der Waals surface area contributed by atoms with Crippen LogP contribution in [0.5, 0.6) is 0 Å². The Morgan fingerprint density at radius 1 is 1.44 bits per heavy atom. The zero-order valence-electron chi connectivity index (χ0n) is 9.56. The van der Waals surface area contributed by atoms with E-state index in [1.165, 1.54) is 7.11 Å². The van der Waals surface area contributed by atoms with E-state index >= 15 is 0 Å². The molecule has 2 saturated heterocycles. The maximum Gasteiger partial charge on any atom is 0.416 e. The minimum absolute atomic E-state index is 0.156. The number of ether oxygens (including phenoxy) is 3. The van der Waals surface area contributed by atoms with Gasteiger partial charge < -0.3 is 14.2 Å². The zero-order chi connectivity index (χ0) is 11.9. The lowest BCUT2D eigenvalue weighted by atomic mass is 10.1. The lowest BCUT2D eigenvalue weighted by Crippen LogP contribution is -2.51. The van der Waals surface area contributed by atoms with Gasteiger partial charge in [0.25, 0.3) is 0 Å². The molecule has 0 aromatic rings. The molecular formula is C10H15NO5. The fourth-order valence-electron chi connectivity index (χ4n) is 2.09. The van der Waals surface area contributed by atoms with Crippen molar-refractivity contribution in [1.29, 1.82) is 0 Å². The van der Waals surface area contributed by atoms with Crippen LogP contribution in [0.2, 0.25) is 0 Å². The van der Waals surface area contributed by atoms with Gasteiger partial charge in [0.15, 0.2) is 5.79 Å². The molecule has 2 rings (SSSR count). The van der Waals surface area contributed by atoms with Crippen LogP contribution in [-0.2, 0) is 19.0 Å². The molecule has 0 radical (unpaired) electrons. The first-order chi connectivity index (χ1) is 7.43. The van der Waals surface area contributed by atoms with Crippen molar-refractivity contribution in [2.45, 2.75) is 38.3 Å². The van der Waals surface area contributed by atoms with Crippen molar-refractivity contribution in [3.8, 4) is 0 Å². The molecular weight excluding hydrogens is 214 g/mol. The van der Waals surface area contributed by atoms with Gasteiger partial charge in [-0.25, -0.2) is 9.69 Å². The largest absolute Gasteiger partial charge is 0.452 e. The van der Waals surface area contributed by atoms with Crippen molar-refractivity contribution in [1.82, 2.24) is 4.90 Å². The monoisotopic (exact) mass is 229 g/mol. The first-order valence-corrected chi connectivity index (χ1v) is 5.17. The second kappa shape index (κ2) is 3.71. The van der Waals surface area contributed by atoms with Gasteiger partial charge in [0, 0.05) is 0 Å². The number of hydrogen-bond donors (Lipinski definition) is 0. The molecule has 0 N–H and O–H groups in total. The van der Waals surface area contributed by atoms with Crippen LogP contribution in [0.3, 0.4) is 0 Å². The average Bonchev–Trinajstić information content (AvgIpc) is 2.48. The molecule has 6 heteroatoms. The number of carbonyl (C=O) groups is 2. The molecule has 0 aromatic carbocycles. The number of carbonyl (C=O) groups excluding carboxylic acids is 2. The molecule has 0 spiro atoms. The van der Waals surface area contributed by atoms with Gasteiger partial charge in [-0.3, -0.25) is 4.79 Å². The SMILES string of the molecule is COC(=O)N1CC2OC(C)(C)OC2CC1=O. The molecule has 6 nitrogen and oxygen atoms in total. The van der Waals surface area contributed by atoms with Gasteiger partial charge in [-0.2, -0.15) is 0 Å². The Kier molecular flexibility index (Phi) is 2.63. The summed E-state index contributed by atoms with van der Waals surface area (Å²) in [6, 6.07) is 0. The quantitative estimate of drug-likeness (QED) is 0.605. The molecule has 2 heterocycles. The van der Waals surface area contributed by atoms with Gasteiger partial charge in [0.1, 0.15) is 6.10 Å². The molecule has 0 saturated carbocycles. The van der Waals surface area contributed by atoms with Crippen molar-refractivity contribution < 1.29 is 23.8 Å². The highest BCUT2D eigenvalue weighted by Gasteiger charge is 2.48. The van der Waals surface area contributed by atoms with Crippen LogP contribution in [0.4, 0.5) is 4.79 Å². The van der Waals surface area contributed by atoms with Crippen LogP contribution in [0.1, 0.15) is 20.3 Å². The van der Waals surface area contributed by atoms with Gasteiger partial charge in [-0.05, 0) is 13.8 Å². The van der Waals surface area contributed by atoms with E-state index in [1.807, 2.05) is 0 Å². The normalized spacial score (nSPS) is 32.4. The van der Waals surface area contributed by atoms with E-state index in [1.54, 1.807) is 13.8 Å². The molecule has 2 aliphatic rings. The minimum Gasteiger partial charge on any atom is -0.452 e. The van der Waals surface area contributed by atoms with Gasteiger partial charge in [0.2, 0.25) is 5.91 Å². The van der Waals surface area contributed by atoms with E-state index in [4.69, 9.17) is 9.47 Å². The molecule has 2 unspecified atom stereocenters. The molecule has 0 aliphatic carbocycles. The number of fused-ring (bicyclic) bond motifs is 1. The summed E-state index contributed by atoms with van der Waals surface area (Å²) in [5.74, 6) is -0.976. The molecule has 16 heavy (non-hydrogen) atoms. The molecule has 2 amide bonds. The molecule has 2 fully saturated rings. The molecule has 90 valence electrons. The number of likely N-dealkylation sites (tertiary alicyclic amines) is 1. The maximum absolute atomic E-state index is 11.6. The lowest BCUT2D eigenvalue weighted by Gasteiger charge is -2.29. The van der Waals surface area contributed by atoms with Gasteiger partial charge in [-0.1, -0.05) is 0 Å². The van der Waals surface area contributed by atoms with Crippen LogP contribution in [0, 0.1) is 0 Å². The van der Waals surface area contributed by atoms with Crippen LogP contribution >= 0.6 is 0 Å². The predicted octanol–water partition coefficient (Wildman–Crippen LogP) is 0.505. The van der Waals surface area contributed by atoms with E-state index in [0.29, 0.717) is 0 Å². The molecule has 0 aromatic heterocycles. The van der Waals surface area contributed by atoms with Crippen LogP contribution in [-0.4, -0.2) is 48.5 Å². The topological polar surface area (TPSA) is 65.1 Å². The summed E-state index contributed by atoms with van der Waals surface area (Å²) in [6.45, 7) is 3.77. The Labute approximate surface area is 93.4 Å². The highest BCUT2D eigenvalue weighted by Crippen LogP contribution is 2.33. The predicted molar refractivity (Wildman–Crippen MR) is 52.6 cm³/mol. The van der Waals surface area contributed by atoms with Crippen LogP contribution in [0.25, 0.3) is 0 Å². The van der Waals surface area contributed by atoms with Gasteiger partial charge >= 0.3 is 6.09 Å². The number of piperidine rings is 1. The number of nitrogens with zero attached hydrogens (tertiary/aromatic N) is 1. The zero-order valence-corrected chi connectivity index (χ0v) is 9.56. The Hall–Kier alpha value is -1.14. The number of imide groups is 1. The third kappa shape index (κ3) is 1.90. The van der Waals surface area contributed by atoms with E-state index in [-0.39, 0.29) is 31.1 Å². The summed E-state index contributed by atoms with van der Waals surface area (Å²) in [4.78, 5) is 24.0. The Morgan fingerprint density at radius 3 is 2.69 bits per heavy atom. The molecule has 2 atom stereocenters. The summed E-state index contributed by atoms with van der Waals surface area (Å²) >= 11 is 0. The van der Waals surface area contributed by atoms with Gasteiger partial charge in [-0.15, -0.1) is 0 Å². The van der Waals surface area contributed by atoms with Crippen molar-refractivity contribution in [3.05, 3.63) is 0 Å². The third-order valence-electron chi connectivity index (χ3n) is 2.72. The summed E-state index contributed by atoms with van der Waals surface area (Å²) in [7, 11) is 1.25. The third-order valence-corrected chi connectivity index (χ3v) is 2.72. The van der Waals surface area contributed by atoms with Crippen LogP contribution in [0.15, 0.2) is 0 Å². The smallest absolute Gasteiger partial charge is 0.416 e. The fourth-order valence-corrected chi connectivity index (χ4v) is 2.09. The van der Waals surface area contributed by atoms with E-state index in [0.717, 1.165) is 4.90 Å². The standard InChI is InChI=1S/C10H15NO5/c1-10(2)15-6-4-8(12)11(9(13)14-3)5-7(6)16-10/h6-7H,4-5H2,1-3H3. The summed E-state index contributed by atoms with van der Waals surface area (Å²) < 4.78 is 15.7. The Bertz CT molecular complexity index is 327. The van der Waals surface area contributed by atoms with E-state index in [9.17, 15) is 9.59 Å². The van der Waals surface area contributed by atoms with Crippen molar-refractivity contribution >= 4 is 12.0 Å². The average molecular weight is 229 g/mol. The molecule has 2 aliphatic heterocycles. The first kappa shape index (κ1) is 11.3. The van der Waals surface area contributed by atoms with Crippen molar-refractivity contribution in [2.75, 3.05) is 13.7 Å². The highest BCUT2D eigenvalue weighted by atomic mass is 16.8. The van der Waals surface area contributed by atoms with Crippen molar-refractivity contribution in [3.63, 3.8) is 0 Å². The first-order valence-electron chi connectivity index (χ1n) is 5.17. The number of rotatable bonds is 0. The second-order valence-electron chi connectivity index (χ2n) is 4.39. The number of hydrogen-bond acceptors (Lipinski definition) is 5. The molecule has 0 bridgehead atoms. The highest BCUT2D eigenvalue weighted by molar-refractivity contribution is 5.92. The van der Waals surface area contributed by atoms with Crippen LogP contribution < -0.4 is 0 Å². The minimum atomic E-state index is -0.693. The maximum atomic E-state index is 11.6. The second-order valence-corrected chi connectivity index (χ2v) is 4.39. The number of amides is 2. The number of methoxy groups -OCH3 is 1. The van der Waals surface area contributed by atoms with E-state index < -0.39 is 11.9 Å². The van der Waals surface area contributed by atoms with Crippen molar-refractivity contribution in [2.24, 2.45) is 0 Å².